The van der Waals surface area contributed by atoms with Gasteiger partial charge in [-0.2, -0.15) is 4.98 Å². The number of H-pyrrole nitrogens is 1. The summed E-state index contributed by atoms with van der Waals surface area (Å²) in [4.78, 5) is 12.0. The fourth-order valence-corrected chi connectivity index (χ4v) is 4.10. The van der Waals surface area contributed by atoms with E-state index in [0.717, 1.165) is 27.7 Å². The van der Waals surface area contributed by atoms with Gasteiger partial charge in [0.25, 0.3) is 0 Å². The Kier molecular flexibility index (Phi) is 5.51. The molecule has 2 aromatic heterocycles. The van der Waals surface area contributed by atoms with Gasteiger partial charge in [0.15, 0.2) is 5.75 Å². The van der Waals surface area contributed by atoms with E-state index in [1.807, 2.05) is 32.0 Å². The summed E-state index contributed by atoms with van der Waals surface area (Å²) in [5.41, 5.74) is 5.15. The Morgan fingerprint density at radius 2 is 1.90 bits per heavy atom. The molecular formula is C22H20FN3O2S. The predicted molar refractivity (Wildman–Crippen MR) is 111 cm³/mol. The van der Waals surface area contributed by atoms with Crippen molar-refractivity contribution in [3.63, 3.8) is 0 Å². The summed E-state index contributed by atoms with van der Waals surface area (Å²) in [6.45, 7) is 4.20. The third kappa shape index (κ3) is 4.41. The smallest absolute Gasteiger partial charge is 0.322 e. The molecule has 1 N–H and O–H groups in total. The number of imidazole rings is 1. The lowest BCUT2D eigenvalue weighted by Gasteiger charge is -2.13. The number of halogens is 1. The second-order valence-corrected chi connectivity index (χ2v) is 8.21. The van der Waals surface area contributed by atoms with Crippen molar-refractivity contribution >= 4 is 22.2 Å². The quantitative estimate of drug-likeness (QED) is 0.472. The minimum Gasteiger partial charge on any atom is -0.609 e. The SMILES string of the molecule is Cc1ccc2[nH]c([S+]([O-])Cc3nccc(OCc4ccc(F)cc4)c3C)nc2c1. The second kappa shape index (κ2) is 8.23. The molecule has 0 saturated heterocycles. The van der Waals surface area contributed by atoms with Crippen LogP contribution in [0, 0.1) is 19.7 Å². The fraction of sp³-hybridized carbons (Fsp3) is 0.182. The zero-order valence-corrected chi connectivity index (χ0v) is 16.9. The summed E-state index contributed by atoms with van der Waals surface area (Å²) >= 11 is -1.36. The number of benzene rings is 2. The van der Waals surface area contributed by atoms with Crippen molar-refractivity contribution in [2.24, 2.45) is 0 Å². The van der Waals surface area contributed by atoms with Crippen molar-refractivity contribution in [2.75, 3.05) is 0 Å². The highest BCUT2D eigenvalue weighted by Gasteiger charge is 2.20. The first-order chi connectivity index (χ1) is 14.0. The Morgan fingerprint density at radius 3 is 2.69 bits per heavy atom. The summed E-state index contributed by atoms with van der Waals surface area (Å²) in [6.07, 6.45) is 1.64. The molecule has 0 fully saturated rings. The molecule has 4 rings (SSSR count). The molecule has 4 aromatic rings. The van der Waals surface area contributed by atoms with E-state index in [1.54, 1.807) is 24.4 Å². The van der Waals surface area contributed by atoms with Gasteiger partial charge in [0, 0.05) is 22.9 Å². The summed E-state index contributed by atoms with van der Waals surface area (Å²) in [5.74, 6) is 0.620. The molecule has 0 spiro atoms. The van der Waals surface area contributed by atoms with E-state index in [1.165, 1.54) is 12.1 Å². The monoisotopic (exact) mass is 409 g/mol. The largest absolute Gasteiger partial charge is 0.609 e. The number of fused-ring (bicyclic) bond motifs is 1. The molecule has 0 radical (unpaired) electrons. The molecule has 0 aliphatic heterocycles. The lowest BCUT2D eigenvalue weighted by molar-refractivity contribution is 0.303. The average Bonchev–Trinajstić information content (AvgIpc) is 3.13. The highest BCUT2D eigenvalue weighted by Crippen LogP contribution is 2.25. The fourth-order valence-electron chi connectivity index (χ4n) is 3.00. The molecule has 148 valence electrons. The number of hydrogen-bond donors (Lipinski definition) is 1. The van der Waals surface area contributed by atoms with Crippen LogP contribution in [0.5, 0.6) is 5.75 Å². The van der Waals surface area contributed by atoms with Gasteiger partial charge in [-0.3, -0.25) is 9.97 Å². The number of aryl methyl sites for hydroxylation is 1. The molecule has 2 heterocycles. The van der Waals surface area contributed by atoms with Crippen molar-refractivity contribution in [2.45, 2.75) is 31.4 Å². The molecule has 0 aliphatic rings. The molecule has 5 nitrogen and oxygen atoms in total. The van der Waals surface area contributed by atoms with Gasteiger partial charge in [-0.1, -0.05) is 18.2 Å². The molecule has 0 bridgehead atoms. The summed E-state index contributed by atoms with van der Waals surface area (Å²) in [6, 6.07) is 13.8. The van der Waals surface area contributed by atoms with Crippen molar-refractivity contribution in [1.82, 2.24) is 15.0 Å². The van der Waals surface area contributed by atoms with Gasteiger partial charge in [-0.05, 0) is 55.3 Å². The standard InChI is InChI=1S/C22H20FN3O2S/c1-14-3-8-18-19(11-14)26-22(25-18)29(27)13-20-15(2)21(9-10-24-20)28-12-16-4-6-17(23)7-5-16/h3-11H,12-13H2,1-2H3,(H,25,26). The van der Waals surface area contributed by atoms with E-state index in [0.29, 0.717) is 23.2 Å². The van der Waals surface area contributed by atoms with E-state index < -0.39 is 11.2 Å². The second-order valence-electron chi connectivity index (χ2n) is 6.85. The first kappa shape index (κ1) is 19.4. The van der Waals surface area contributed by atoms with Crippen LogP contribution in [0.3, 0.4) is 0 Å². The number of pyridine rings is 1. The average molecular weight is 409 g/mol. The number of aromatic amines is 1. The Hall–Kier alpha value is -2.90. The zero-order valence-electron chi connectivity index (χ0n) is 16.1. The number of nitrogens with zero attached hydrogens (tertiary/aromatic N) is 2. The van der Waals surface area contributed by atoms with Crippen LogP contribution in [0.25, 0.3) is 11.0 Å². The van der Waals surface area contributed by atoms with Crippen LogP contribution >= 0.6 is 0 Å². The number of rotatable bonds is 6. The van der Waals surface area contributed by atoms with Crippen LogP contribution in [0.1, 0.15) is 22.4 Å². The highest BCUT2D eigenvalue weighted by atomic mass is 32.2. The Labute approximate surface area is 171 Å². The van der Waals surface area contributed by atoms with Crippen LogP contribution in [0.4, 0.5) is 4.39 Å². The first-order valence-corrected chi connectivity index (χ1v) is 10.5. The Balaban J connectivity index is 1.49. The molecular weight excluding hydrogens is 389 g/mol. The number of nitrogens with one attached hydrogen (secondary N) is 1. The van der Waals surface area contributed by atoms with Gasteiger partial charge in [0.1, 0.15) is 18.2 Å². The van der Waals surface area contributed by atoms with Crippen molar-refractivity contribution < 1.29 is 13.7 Å². The minimum absolute atomic E-state index is 0.235. The van der Waals surface area contributed by atoms with Gasteiger partial charge in [0.2, 0.25) is 0 Å². The van der Waals surface area contributed by atoms with E-state index in [9.17, 15) is 8.94 Å². The maximum atomic E-state index is 13.0. The summed E-state index contributed by atoms with van der Waals surface area (Å²) in [5, 5.41) is 0.435. The topological polar surface area (TPSA) is 73.9 Å². The maximum absolute atomic E-state index is 13.0. The van der Waals surface area contributed by atoms with Gasteiger partial charge in [-0.15, -0.1) is 0 Å². The van der Waals surface area contributed by atoms with Gasteiger partial charge < -0.3 is 9.29 Å². The van der Waals surface area contributed by atoms with E-state index >= 15 is 0 Å². The van der Waals surface area contributed by atoms with Crippen LogP contribution in [-0.4, -0.2) is 19.5 Å². The third-order valence-electron chi connectivity index (χ3n) is 4.67. The number of aromatic nitrogens is 3. The molecule has 1 unspecified atom stereocenters. The maximum Gasteiger partial charge on any atom is 0.322 e. The molecule has 7 heteroatoms. The summed E-state index contributed by atoms with van der Waals surface area (Å²) in [7, 11) is 0. The van der Waals surface area contributed by atoms with Gasteiger partial charge in [-0.25, -0.2) is 4.39 Å². The molecule has 0 saturated carbocycles. The van der Waals surface area contributed by atoms with Crippen LogP contribution in [0.2, 0.25) is 0 Å². The number of ether oxygens (including phenoxy) is 1. The minimum atomic E-state index is -1.36. The number of hydrogen-bond acceptors (Lipinski definition) is 4. The van der Waals surface area contributed by atoms with Crippen LogP contribution < -0.4 is 4.74 Å². The molecule has 1 atom stereocenters. The molecule has 29 heavy (non-hydrogen) atoms. The van der Waals surface area contributed by atoms with E-state index in [-0.39, 0.29) is 11.6 Å². The zero-order chi connectivity index (χ0) is 20.4. The van der Waals surface area contributed by atoms with Gasteiger partial charge in [0.05, 0.1) is 16.7 Å². The van der Waals surface area contributed by atoms with Gasteiger partial charge >= 0.3 is 5.16 Å². The predicted octanol–water partition coefficient (Wildman–Crippen LogP) is 4.60. The first-order valence-electron chi connectivity index (χ1n) is 9.16. The van der Waals surface area contributed by atoms with Crippen molar-refractivity contribution in [1.29, 1.82) is 0 Å². The third-order valence-corrected chi connectivity index (χ3v) is 5.83. The van der Waals surface area contributed by atoms with Crippen molar-refractivity contribution in [3.05, 3.63) is 82.9 Å². The lowest BCUT2D eigenvalue weighted by Crippen LogP contribution is -2.10. The van der Waals surface area contributed by atoms with Crippen molar-refractivity contribution in [3.8, 4) is 5.75 Å². The van der Waals surface area contributed by atoms with Crippen LogP contribution in [0.15, 0.2) is 59.9 Å². The molecule has 2 aromatic carbocycles. The Bertz CT molecular complexity index is 1140. The molecule has 0 amide bonds. The molecule has 0 aliphatic carbocycles. The normalized spacial score (nSPS) is 12.3. The highest BCUT2D eigenvalue weighted by molar-refractivity contribution is 7.90. The van der Waals surface area contributed by atoms with Crippen LogP contribution in [-0.2, 0) is 23.5 Å². The van der Waals surface area contributed by atoms with E-state index in [2.05, 4.69) is 15.0 Å². The Morgan fingerprint density at radius 1 is 1.10 bits per heavy atom. The summed E-state index contributed by atoms with van der Waals surface area (Å²) < 4.78 is 31.7. The van der Waals surface area contributed by atoms with E-state index in [4.69, 9.17) is 4.74 Å². The lowest BCUT2D eigenvalue weighted by atomic mass is 10.2.